The zero-order chi connectivity index (χ0) is 18.5. The number of carbonyl (C=O) groups is 1. The number of nitrogens with zero attached hydrogens (tertiary/aromatic N) is 4. The van der Waals surface area contributed by atoms with E-state index in [9.17, 15) is 13.2 Å². The number of imidazole rings is 1. The molecular weight excluding hydrogens is 366 g/mol. The van der Waals surface area contributed by atoms with Crippen molar-refractivity contribution in [3.8, 4) is 0 Å². The lowest BCUT2D eigenvalue weighted by Crippen LogP contribution is -2.32. The summed E-state index contributed by atoms with van der Waals surface area (Å²) >= 11 is 6.11. The molecule has 0 unspecified atom stereocenters. The van der Waals surface area contributed by atoms with Gasteiger partial charge in [-0.2, -0.15) is 13.5 Å². The van der Waals surface area contributed by atoms with Crippen molar-refractivity contribution in [3.05, 3.63) is 46.0 Å². The molecular formula is C15H16ClN5O3S. The summed E-state index contributed by atoms with van der Waals surface area (Å²) in [7, 11) is -2.58. The van der Waals surface area contributed by atoms with E-state index in [0.717, 1.165) is 5.56 Å². The van der Waals surface area contributed by atoms with E-state index >= 15 is 0 Å². The first kappa shape index (κ1) is 17.4. The molecule has 0 saturated carbocycles. The van der Waals surface area contributed by atoms with Crippen LogP contribution in [0.25, 0.3) is 5.65 Å². The summed E-state index contributed by atoms with van der Waals surface area (Å²) in [5, 5.41) is 4.38. The van der Waals surface area contributed by atoms with Gasteiger partial charge in [0.2, 0.25) is 0 Å². The third-order valence-electron chi connectivity index (χ3n) is 3.81. The van der Waals surface area contributed by atoms with E-state index in [1.807, 2.05) is 11.6 Å². The van der Waals surface area contributed by atoms with Crippen LogP contribution in [-0.2, 0) is 17.1 Å². The number of pyridine rings is 1. The maximum absolute atomic E-state index is 12.6. The molecule has 3 rings (SSSR count). The fourth-order valence-corrected chi connectivity index (χ4v) is 4.34. The number of sulfonamides is 1. The molecule has 0 aliphatic rings. The molecule has 0 saturated heterocycles. The summed E-state index contributed by atoms with van der Waals surface area (Å²) in [5.74, 6) is -0.837. The Morgan fingerprint density at radius 1 is 1.24 bits per heavy atom. The molecule has 0 bridgehead atoms. The highest BCUT2D eigenvalue weighted by Gasteiger charge is 2.27. The lowest BCUT2D eigenvalue weighted by molar-refractivity contribution is 0.0977. The van der Waals surface area contributed by atoms with Crippen LogP contribution in [0.4, 0.5) is 0 Å². The first-order chi connectivity index (χ1) is 11.6. The van der Waals surface area contributed by atoms with Gasteiger partial charge in [-0.25, -0.2) is 9.71 Å². The minimum atomic E-state index is -4.09. The zero-order valence-electron chi connectivity index (χ0n) is 14.0. The van der Waals surface area contributed by atoms with Crippen LogP contribution < -0.4 is 4.72 Å². The normalized spacial score (nSPS) is 11.9. The number of amides is 1. The van der Waals surface area contributed by atoms with Gasteiger partial charge in [0.05, 0.1) is 10.7 Å². The molecule has 0 aliphatic heterocycles. The van der Waals surface area contributed by atoms with Crippen molar-refractivity contribution in [1.29, 1.82) is 0 Å². The highest BCUT2D eigenvalue weighted by atomic mass is 35.5. The van der Waals surface area contributed by atoms with E-state index < -0.39 is 15.9 Å². The molecule has 0 fully saturated rings. The number of halogens is 1. The second-order valence-corrected chi connectivity index (χ2v) is 7.80. The van der Waals surface area contributed by atoms with Crippen molar-refractivity contribution in [1.82, 2.24) is 23.9 Å². The predicted molar refractivity (Wildman–Crippen MR) is 92.3 cm³/mol. The molecule has 132 valence electrons. The van der Waals surface area contributed by atoms with E-state index in [4.69, 9.17) is 11.6 Å². The molecule has 3 heterocycles. The van der Waals surface area contributed by atoms with Crippen LogP contribution in [0.3, 0.4) is 0 Å². The average Bonchev–Trinajstić information content (AvgIpc) is 3.00. The standard InChI is InChI=1S/C15H16ClN5O3S/c1-8-5-11(16)13-17-12(7-21(13)6-8)14(22)19-25(23,24)15-9(2)10(3)18-20(15)4/h5-7H,1-4H3,(H,19,22). The SMILES string of the molecule is Cc1cc(Cl)c2nc(C(=O)NS(=O)(=O)c3c(C)c(C)nn3C)cn2c1. The van der Waals surface area contributed by atoms with Crippen molar-refractivity contribution < 1.29 is 13.2 Å². The first-order valence-corrected chi connectivity index (χ1v) is 9.18. The second-order valence-electron chi connectivity index (χ2n) is 5.80. The maximum atomic E-state index is 12.6. The number of aromatic nitrogens is 4. The number of hydrogen-bond acceptors (Lipinski definition) is 5. The number of hydrogen-bond donors (Lipinski definition) is 1. The van der Waals surface area contributed by atoms with Gasteiger partial charge in [-0.15, -0.1) is 0 Å². The van der Waals surface area contributed by atoms with Crippen LogP contribution >= 0.6 is 11.6 Å². The summed E-state index contributed by atoms with van der Waals surface area (Å²) in [6, 6.07) is 1.71. The fourth-order valence-electron chi connectivity index (χ4n) is 2.64. The third-order valence-corrected chi connectivity index (χ3v) is 5.63. The topological polar surface area (TPSA) is 98.4 Å². The first-order valence-electron chi connectivity index (χ1n) is 7.32. The van der Waals surface area contributed by atoms with Gasteiger partial charge in [-0.3, -0.25) is 9.48 Å². The fraction of sp³-hybridized carbons (Fsp3) is 0.267. The Balaban J connectivity index is 1.98. The Bertz CT molecular complexity index is 1110. The van der Waals surface area contributed by atoms with E-state index in [1.165, 1.54) is 17.9 Å². The summed E-state index contributed by atoms with van der Waals surface area (Å²) in [4.78, 5) is 16.5. The Kier molecular flexibility index (Phi) is 4.08. The van der Waals surface area contributed by atoms with Crippen LogP contribution in [-0.4, -0.2) is 33.5 Å². The number of rotatable bonds is 3. The van der Waals surface area contributed by atoms with Gasteiger partial charge in [0.15, 0.2) is 10.7 Å². The van der Waals surface area contributed by atoms with E-state index in [2.05, 4.69) is 10.1 Å². The van der Waals surface area contributed by atoms with Crippen molar-refractivity contribution in [2.75, 3.05) is 0 Å². The van der Waals surface area contributed by atoms with E-state index in [0.29, 0.717) is 21.9 Å². The van der Waals surface area contributed by atoms with Gasteiger partial charge < -0.3 is 4.40 Å². The van der Waals surface area contributed by atoms with Gasteiger partial charge in [0.25, 0.3) is 15.9 Å². The third kappa shape index (κ3) is 3.00. The molecule has 3 aromatic rings. The van der Waals surface area contributed by atoms with Gasteiger partial charge in [0.1, 0.15) is 5.69 Å². The van der Waals surface area contributed by atoms with Crippen LogP contribution in [0.15, 0.2) is 23.5 Å². The Morgan fingerprint density at radius 2 is 1.92 bits per heavy atom. The molecule has 1 amide bonds. The van der Waals surface area contributed by atoms with Crippen molar-refractivity contribution in [3.63, 3.8) is 0 Å². The molecule has 0 aromatic carbocycles. The molecule has 0 aliphatic carbocycles. The summed E-state index contributed by atoms with van der Waals surface area (Å²) in [6.07, 6.45) is 3.18. The molecule has 3 aromatic heterocycles. The molecule has 0 spiro atoms. The smallest absolute Gasteiger partial charge is 0.285 e. The quantitative estimate of drug-likeness (QED) is 0.745. The maximum Gasteiger partial charge on any atom is 0.285 e. The van der Waals surface area contributed by atoms with Gasteiger partial charge in [-0.05, 0) is 32.4 Å². The Morgan fingerprint density at radius 3 is 2.52 bits per heavy atom. The largest absolute Gasteiger partial charge is 0.305 e. The number of carbonyl (C=O) groups excluding carboxylic acids is 1. The zero-order valence-corrected chi connectivity index (χ0v) is 15.6. The number of aryl methyl sites for hydroxylation is 3. The highest BCUT2D eigenvalue weighted by Crippen LogP contribution is 2.20. The molecule has 0 radical (unpaired) electrons. The monoisotopic (exact) mass is 381 g/mol. The lowest BCUT2D eigenvalue weighted by atomic mass is 10.3. The second kappa shape index (κ2) is 5.85. The summed E-state index contributed by atoms with van der Waals surface area (Å²) < 4.78 is 29.9. The number of fused-ring (bicyclic) bond motifs is 1. The van der Waals surface area contributed by atoms with Crippen LogP contribution in [0.2, 0.25) is 5.02 Å². The molecule has 1 N–H and O–H groups in total. The predicted octanol–water partition coefficient (Wildman–Crippen LogP) is 1.77. The van der Waals surface area contributed by atoms with Crippen molar-refractivity contribution in [2.24, 2.45) is 7.05 Å². The Labute approximate surface area is 149 Å². The summed E-state index contributed by atoms with van der Waals surface area (Å²) in [5.41, 5.74) is 2.27. The minimum absolute atomic E-state index is 0.0485. The van der Waals surface area contributed by atoms with Crippen molar-refractivity contribution >= 4 is 33.2 Å². The van der Waals surface area contributed by atoms with E-state index in [1.54, 1.807) is 30.5 Å². The van der Waals surface area contributed by atoms with Crippen LogP contribution in [0.5, 0.6) is 0 Å². The van der Waals surface area contributed by atoms with Crippen molar-refractivity contribution in [2.45, 2.75) is 25.8 Å². The van der Waals surface area contributed by atoms with Gasteiger partial charge in [0, 0.05) is 25.0 Å². The molecule has 10 heteroatoms. The van der Waals surface area contributed by atoms with Gasteiger partial charge >= 0.3 is 0 Å². The molecule has 25 heavy (non-hydrogen) atoms. The molecule has 8 nitrogen and oxygen atoms in total. The minimum Gasteiger partial charge on any atom is -0.305 e. The summed E-state index contributed by atoms with van der Waals surface area (Å²) in [6.45, 7) is 5.18. The highest BCUT2D eigenvalue weighted by molar-refractivity contribution is 7.90. The average molecular weight is 382 g/mol. The van der Waals surface area contributed by atoms with Crippen LogP contribution in [0, 0.1) is 20.8 Å². The molecule has 0 atom stereocenters. The van der Waals surface area contributed by atoms with E-state index in [-0.39, 0.29) is 10.7 Å². The van der Waals surface area contributed by atoms with Gasteiger partial charge in [-0.1, -0.05) is 11.6 Å². The van der Waals surface area contributed by atoms with Crippen LogP contribution in [0.1, 0.15) is 27.3 Å². The Hall–Kier alpha value is -2.39. The number of nitrogens with one attached hydrogen (secondary N) is 1. The lowest BCUT2D eigenvalue weighted by Gasteiger charge is -2.06.